The zero-order valence-electron chi connectivity index (χ0n) is 11.1. The molecule has 0 atom stereocenters. The Morgan fingerprint density at radius 1 is 1.16 bits per heavy atom. The number of phenolic OH excluding ortho intramolecular Hbond substituents is 2. The van der Waals surface area contributed by atoms with Crippen LogP contribution in [0.5, 0.6) is 11.5 Å². The van der Waals surface area contributed by atoms with Gasteiger partial charge in [0.25, 0.3) is 0 Å². The van der Waals surface area contributed by atoms with Gasteiger partial charge in [-0.3, -0.25) is 4.79 Å². The van der Waals surface area contributed by atoms with Gasteiger partial charge >= 0.3 is 5.97 Å². The van der Waals surface area contributed by atoms with Gasteiger partial charge in [-0.25, -0.2) is 0 Å². The number of aryl methyl sites for hydroxylation is 1. The number of hydrogen-bond donors (Lipinski definition) is 3. The van der Waals surface area contributed by atoms with Crippen molar-refractivity contribution in [2.75, 3.05) is 0 Å². The SMILES string of the molecule is CCCC(=O)O.Cc1cc(O)c2ccccc2c1O. The van der Waals surface area contributed by atoms with Crippen LogP contribution in [0.2, 0.25) is 0 Å². The third-order valence-electron chi connectivity index (χ3n) is 2.65. The number of carboxylic acid groups (broad SMARTS) is 1. The number of fused-ring (bicyclic) bond motifs is 1. The highest BCUT2D eigenvalue weighted by molar-refractivity contribution is 5.93. The molecule has 0 aliphatic carbocycles. The Kier molecular flexibility index (Phi) is 5.18. The summed E-state index contributed by atoms with van der Waals surface area (Å²) in [4.78, 5) is 9.60. The second kappa shape index (κ2) is 6.64. The highest BCUT2D eigenvalue weighted by Gasteiger charge is 2.06. The van der Waals surface area contributed by atoms with E-state index in [0.717, 1.165) is 6.42 Å². The highest BCUT2D eigenvalue weighted by Crippen LogP contribution is 2.34. The predicted molar refractivity (Wildman–Crippen MR) is 74.6 cm³/mol. The van der Waals surface area contributed by atoms with Gasteiger partial charge in [-0.1, -0.05) is 31.2 Å². The molecule has 0 saturated carbocycles. The lowest BCUT2D eigenvalue weighted by Crippen LogP contribution is -1.90. The van der Waals surface area contributed by atoms with Gasteiger partial charge < -0.3 is 15.3 Å². The summed E-state index contributed by atoms with van der Waals surface area (Å²) in [6.45, 7) is 3.61. The fourth-order valence-corrected chi connectivity index (χ4v) is 1.69. The van der Waals surface area contributed by atoms with Crippen molar-refractivity contribution in [3.05, 3.63) is 35.9 Å². The van der Waals surface area contributed by atoms with Gasteiger partial charge in [0, 0.05) is 17.2 Å². The van der Waals surface area contributed by atoms with Crippen molar-refractivity contribution in [1.29, 1.82) is 0 Å². The molecular weight excluding hydrogens is 244 g/mol. The minimum absolute atomic E-state index is 0.214. The summed E-state index contributed by atoms with van der Waals surface area (Å²) >= 11 is 0. The van der Waals surface area contributed by atoms with Crippen LogP contribution in [0, 0.1) is 6.92 Å². The standard InChI is InChI=1S/C11H10O2.C4H8O2/c1-7-6-10(12)8-4-2-3-5-9(8)11(7)13;1-2-3-4(5)6/h2-6,12-13H,1H3;2-3H2,1H3,(H,5,6). The Hall–Kier alpha value is -2.23. The van der Waals surface area contributed by atoms with E-state index in [0.29, 0.717) is 22.8 Å². The molecule has 0 aliphatic heterocycles. The first-order chi connectivity index (χ1) is 8.97. The molecule has 2 aromatic rings. The number of rotatable bonds is 2. The summed E-state index contributed by atoms with van der Waals surface area (Å²) in [6.07, 6.45) is 1.02. The Morgan fingerprint density at radius 2 is 1.74 bits per heavy atom. The molecule has 0 fully saturated rings. The molecule has 2 aromatic carbocycles. The van der Waals surface area contributed by atoms with Crippen LogP contribution in [0.1, 0.15) is 25.3 Å². The number of hydrogen-bond acceptors (Lipinski definition) is 3. The van der Waals surface area contributed by atoms with Crippen LogP contribution >= 0.6 is 0 Å². The molecule has 102 valence electrons. The number of phenols is 2. The van der Waals surface area contributed by atoms with Crippen molar-refractivity contribution in [3.8, 4) is 11.5 Å². The molecule has 0 aromatic heterocycles. The molecule has 0 aliphatic rings. The van der Waals surface area contributed by atoms with Gasteiger partial charge in [0.05, 0.1) is 0 Å². The number of carboxylic acids is 1. The van der Waals surface area contributed by atoms with Crippen molar-refractivity contribution in [1.82, 2.24) is 0 Å². The Balaban J connectivity index is 0.000000258. The third kappa shape index (κ3) is 3.88. The Bertz CT molecular complexity index is 576. The average Bonchev–Trinajstić information content (AvgIpc) is 2.37. The highest BCUT2D eigenvalue weighted by atomic mass is 16.4. The fraction of sp³-hybridized carbons (Fsp3) is 0.267. The largest absolute Gasteiger partial charge is 0.507 e. The second-order valence-corrected chi connectivity index (χ2v) is 4.25. The van der Waals surface area contributed by atoms with Crippen molar-refractivity contribution >= 4 is 16.7 Å². The first kappa shape index (κ1) is 14.8. The molecule has 0 heterocycles. The van der Waals surface area contributed by atoms with Gasteiger partial charge in [-0.05, 0) is 25.0 Å². The molecule has 0 radical (unpaired) electrons. The number of aromatic hydroxyl groups is 2. The molecule has 19 heavy (non-hydrogen) atoms. The fourth-order valence-electron chi connectivity index (χ4n) is 1.69. The topological polar surface area (TPSA) is 77.8 Å². The molecule has 4 nitrogen and oxygen atoms in total. The van der Waals surface area contributed by atoms with Crippen LogP contribution < -0.4 is 0 Å². The van der Waals surface area contributed by atoms with Crippen molar-refractivity contribution in [3.63, 3.8) is 0 Å². The maximum Gasteiger partial charge on any atom is 0.303 e. The van der Waals surface area contributed by atoms with E-state index in [1.807, 2.05) is 19.1 Å². The van der Waals surface area contributed by atoms with Crippen molar-refractivity contribution in [2.24, 2.45) is 0 Å². The van der Waals surface area contributed by atoms with Crippen molar-refractivity contribution < 1.29 is 20.1 Å². The van der Waals surface area contributed by atoms with Gasteiger partial charge in [0.15, 0.2) is 0 Å². The van der Waals surface area contributed by atoms with Crippen molar-refractivity contribution in [2.45, 2.75) is 26.7 Å². The Labute approximate surface area is 111 Å². The molecule has 3 N–H and O–H groups in total. The van der Waals surface area contributed by atoms with E-state index in [1.165, 1.54) is 0 Å². The monoisotopic (exact) mass is 262 g/mol. The van der Waals surface area contributed by atoms with Gasteiger partial charge in [0.2, 0.25) is 0 Å². The third-order valence-corrected chi connectivity index (χ3v) is 2.65. The molecule has 0 saturated heterocycles. The van der Waals surface area contributed by atoms with Crippen LogP contribution in [0.3, 0.4) is 0 Å². The molecule has 0 bridgehead atoms. The number of carbonyl (C=O) groups is 1. The van der Waals surface area contributed by atoms with Crippen LogP contribution in [0.25, 0.3) is 10.8 Å². The van der Waals surface area contributed by atoms with Crippen LogP contribution in [-0.4, -0.2) is 21.3 Å². The maximum absolute atomic E-state index is 9.67. The van der Waals surface area contributed by atoms with Gasteiger partial charge in [-0.2, -0.15) is 0 Å². The summed E-state index contributed by atoms with van der Waals surface area (Å²) in [5.74, 6) is -0.253. The van der Waals surface area contributed by atoms with E-state index in [1.54, 1.807) is 25.1 Å². The summed E-state index contributed by atoms with van der Waals surface area (Å²) in [5, 5.41) is 28.5. The zero-order chi connectivity index (χ0) is 14.4. The normalized spacial score (nSPS) is 9.79. The van der Waals surface area contributed by atoms with Crippen LogP contribution in [0.4, 0.5) is 0 Å². The van der Waals surface area contributed by atoms with E-state index in [9.17, 15) is 15.0 Å². The van der Waals surface area contributed by atoms with E-state index < -0.39 is 5.97 Å². The van der Waals surface area contributed by atoms with E-state index in [-0.39, 0.29) is 11.5 Å². The van der Waals surface area contributed by atoms with E-state index in [2.05, 4.69) is 0 Å². The maximum atomic E-state index is 9.67. The van der Waals surface area contributed by atoms with Crippen LogP contribution in [0.15, 0.2) is 30.3 Å². The van der Waals surface area contributed by atoms with E-state index >= 15 is 0 Å². The summed E-state index contributed by atoms with van der Waals surface area (Å²) in [7, 11) is 0. The minimum atomic E-state index is -0.711. The average molecular weight is 262 g/mol. The molecule has 4 heteroatoms. The lowest BCUT2D eigenvalue weighted by molar-refractivity contribution is -0.137. The van der Waals surface area contributed by atoms with Crippen LogP contribution in [-0.2, 0) is 4.79 Å². The first-order valence-corrected chi connectivity index (χ1v) is 6.09. The molecule has 2 rings (SSSR count). The molecule has 0 amide bonds. The lowest BCUT2D eigenvalue weighted by Gasteiger charge is -2.05. The van der Waals surface area contributed by atoms with E-state index in [4.69, 9.17) is 5.11 Å². The molecule has 0 unspecified atom stereocenters. The van der Waals surface area contributed by atoms with Gasteiger partial charge in [0.1, 0.15) is 11.5 Å². The number of aliphatic carboxylic acids is 1. The number of benzene rings is 2. The smallest absolute Gasteiger partial charge is 0.303 e. The first-order valence-electron chi connectivity index (χ1n) is 6.09. The summed E-state index contributed by atoms with van der Waals surface area (Å²) < 4.78 is 0. The lowest BCUT2D eigenvalue weighted by atomic mass is 10.1. The zero-order valence-corrected chi connectivity index (χ0v) is 11.1. The minimum Gasteiger partial charge on any atom is -0.507 e. The molecular formula is C15H18O4. The molecule has 0 spiro atoms. The summed E-state index contributed by atoms with van der Waals surface area (Å²) in [6, 6.07) is 8.80. The van der Waals surface area contributed by atoms with Gasteiger partial charge in [-0.15, -0.1) is 0 Å². The Morgan fingerprint density at radius 3 is 2.21 bits per heavy atom. The summed E-state index contributed by atoms with van der Waals surface area (Å²) in [5.41, 5.74) is 0.691. The quantitative estimate of drug-likeness (QED) is 0.724. The second-order valence-electron chi connectivity index (χ2n) is 4.25. The predicted octanol–water partition coefficient (Wildman–Crippen LogP) is 3.43.